The predicted octanol–water partition coefficient (Wildman–Crippen LogP) is 3.58. The minimum absolute atomic E-state index is 0.138. The van der Waals surface area contributed by atoms with Crippen molar-refractivity contribution in [2.45, 2.75) is 24.3 Å². The molecule has 0 saturated carbocycles. The van der Waals surface area contributed by atoms with Crippen molar-refractivity contribution in [1.29, 1.82) is 0 Å². The van der Waals surface area contributed by atoms with Gasteiger partial charge < -0.3 is 4.57 Å². The lowest BCUT2D eigenvalue weighted by Gasteiger charge is -2.14. The third kappa shape index (κ3) is 1.99. The zero-order valence-corrected chi connectivity index (χ0v) is 11.1. The lowest BCUT2D eigenvalue weighted by atomic mass is 10.0. The second kappa shape index (κ2) is 4.65. The molecule has 3 heteroatoms. The van der Waals surface area contributed by atoms with Crippen molar-refractivity contribution < 1.29 is 4.79 Å². The number of ketones is 1. The van der Waals surface area contributed by atoms with E-state index in [-0.39, 0.29) is 5.78 Å². The van der Waals surface area contributed by atoms with E-state index in [0.29, 0.717) is 5.92 Å². The Morgan fingerprint density at radius 3 is 3.00 bits per heavy atom. The van der Waals surface area contributed by atoms with Crippen LogP contribution in [0.25, 0.3) is 0 Å². The van der Waals surface area contributed by atoms with Gasteiger partial charge in [-0.05, 0) is 23.8 Å². The SMILES string of the molecule is CC(=O)c1cccn1CC1CSc2ccccc21. The summed E-state index contributed by atoms with van der Waals surface area (Å²) in [6, 6.07) is 12.4. The molecule has 1 atom stereocenters. The number of hydrogen-bond acceptors (Lipinski definition) is 2. The molecule has 0 amide bonds. The summed E-state index contributed by atoms with van der Waals surface area (Å²) in [5, 5.41) is 0. The molecule has 0 bridgehead atoms. The fraction of sp³-hybridized carbons (Fsp3) is 0.267. The van der Waals surface area contributed by atoms with E-state index in [1.165, 1.54) is 10.5 Å². The van der Waals surface area contributed by atoms with Gasteiger partial charge in [-0.2, -0.15) is 0 Å². The van der Waals surface area contributed by atoms with Crippen LogP contribution in [0.3, 0.4) is 0 Å². The summed E-state index contributed by atoms with van der Waals surface area (Å²) >= 11 is 1.91. The first-order chi connectivity index (χ1) is 8.75. The number of benzene rings is 1. The van der Waals surface area contributed by atoms with Gasteiger partial charge in [0.05, 0.1) is 5.69 Å². The summed E-state index contributed by atoms with van der Waals surface area (Å²) in [7, 11) is 0. The first kappa shape index (κ1) is 11.6. The molecular weight excluding hydrogens is 242 g/mol. The molecule has 0 spiro atoms. The standard InChI is InChI=1S/C15H15NOS/c1-11(17)14-6-4-8-16(14)9-12-10-18-15-7-3-2-5-13(12)15/h2-8,12H,9-10H2,1H3. The quantitative estimate of drug-likeness (QED) is 0.784. The number of nitrogens with zero attached hydrogens (tertiary/aromatic N) is 1. The van der Waals surface area contributed by atoms with Crippen molar-refractivity contribution in [2.75, 3.05) is 5.75 Å². The first-order valence-electron chi connectivity index (χ1n) is 6.13. The van der Waals surface area contributed by atoms with Gasteiger partial charge in [-0.15, -0.1) is 11.8 Å². The molecular formula is C15H15NOS. The van der Waals surface area contributed by atoms with Crippen molar-refractivity contribution in [2.24, 2.45) is 0 Å². The van der Waals surface area contributed by atoms with Crippen LogP contribution in [-0.4, -0.2) is 16.1 Å². The molecule has 0 N–H and O–H groups in total. The molecule has 0 fully saturated rings. The molecule has 1 aliphatic heterocycles. The van der Waals surface area contributed by atoms with Crippen LogP contribution in [0.1, 0.15) is 28.9 Å². The van der Waals surface area contributed by atoms with Gasteiger partial charge in [0.15, 0.2) is 5.78 Å². The highest BCUT2D eigenvalue weighted by Crippen LogP contribution is 2.40. The Balaban J connectivity index is 1.86. The average Bonchev–Trinajstić information content (AvgIpc) is 2.97. The fourth-order valence-electron chi connectivity index (χ4n) is 2.51. The number of carbonyl (C=O) groups is 1. The molecule has 0 saturated heterocycles. The molecule has 3 rings (SSSR count). The van der Waals surface area contributed by atoms with E-state index in [4.69, 9.17) is 0 Å². The second-order valence-corrected chi connectivity index (χ2v) is 5.71. The summed E-state index contributed by atoms with van der Waals surface area (Å²) in [6.07, 6.45) is 2.00. The maximum absolute atomic E-state index is 11.5. The van der Waals surface area contributed by atoms with Crippen LogP contribution in [0.5, 0.6) is 0 Å². The van der Waals surface area contributed by atoms with Gasteiger partial charge in [0.1, 0.15) is 0 Å². The molecule has 18 heavy (non-hydrogen) atoms. The molecule has 2 nitrogen and oxygen atoms in total. The minimum Gasteiger partial charge on any atom is -0.344 e. The highest BCUT2D eigenvalue weighted by Gasteiger charge is 2.23. The predicted molar refractivity (Wildman–Crippen MR) is 74.3 cm³/mol. The summed E-state index contributed by atoms with van der Waals surface area (Å²) in [6.45, 7) is 2.52. The van der Waals surface area contributed by atoms with E-state index < -0.39 is 0 Å². The maximum Gasteiger partial charge on any atom is 0.176 e. The normalized spacial score (nSPS) is 17.7. The van der Waals surface area contributed by atoms with Crippen molar-refractivity contribution in [1.82, 2.24) is 4.57 Å². The maximum atomic E-state index is 11.5. The van der Waals surface area contributed by atoms with Crippen molar-refractivity contribution in [3.8, 4) is 0 Å². The van der Waals surface area contributed by atoms with Gasteiger partial charge in [0.2, 0.25) is 0 Å². The van der Waals surface area contributed by atoms with Crippen LogP contribution in [0.4, 0.5) is 0 Å². The van der Waals surface area contributed by atoms with Crippen molar-refractivity contribution >= 4 is 17.5 Å². The van der Waals surface area contributed by atoms with Crippen LogP contribution >= 0.6 is 11.8 Å². The van der Waals surface area contributed by atoms with E-state index in [0.717, 1.165) is 18.0 Å². The summed E-state index contributed by atoms with van der Waals surface area (Å²) in [4.78, 5) is 12.9. The van der Waals surface area contributed by atoms with E-state index >= 15 is 0 Å². The van der Waals surface area contributed by atoms with Gasteiger partial charge in [-0.1, -0.05) is 18.2 Å². The van der Waals surface area contributed by atoms with E-state index in [1.807, 2.05) is 30.1 Å². The molecule has 2 aromatic rings. The number of aromatic nitrogens is 1. The molecule has 1 aliphatic rings. The van der Waals surface area contributed by atoms with E-state index in [1.54, 1.807) is 6.92 Å². The average molecular weight is 257 g/mol. The zero-order chi connectivity index (χ0) is 12.5. The van der Waals surface area contributed by atoms with Gasteiger partial charge in [-0.25, -0.2) is 0 Å². The Bertz CT molecular complexity index is 588. The Kier molecular flexibility index (Phi) is 3.00. The lowest BCUT2D eigenvalue weighted by molar-refractivity contribution is 0.100. The first-order valence-corrected chi connectivity index (χ1v) is 7.12. The Morgan fingerprint density at radius 1 is 1.33 bits per heavy atom. The van der Waals surface area contributed by atoms with E-state index in [9.17, 15) is 4.79 Å². The fourth-order valence-corrected chi connectivity index (χ4v) is 3.75. The molecule has 92 valence electrons. The largest absolute Gasteiger partial charge is 0.344 e. The second-order valence-electron chi connectivity index (χ2n) is 4.65. The summed E-state index contributed by atoms with van der Waals surface area (Å²) in [5.41, 5.74) is 2.23. The van der Waals surface area contributed by atoms with Crippen molar-refractivity contribution in [3.05, 3.63) is 53.9 Å². The Labute approximate surface area is 111 Å². The van der Waals surface area contributed by atoms with Gasteiger partial charge in [0.25, 0.3) is 0 Å². The number of thioether (sulfide) groups is 1. The van der Waals surface area contributed by atoms with Crippen LogP contribution < -0.4 is 0 Å². The monoisotopic (exact) mass is 257 g/mol. The van der Waals surface area contributed by atoms with Gasteiger partial charge in [-0.3, -0.25) is 4.79 Å². The highest BCUT2D eigenvalue weighted by molar-refractivity contribution is 7.99. The van der Waals surface area contributed by atoms with Crippen LogP contribution in [0.2, 0.25) is 0 Å². The Morgan fingerprint density at radius 2 is 2.17 bits per heavy atom. The topological polar surface area (TPSA) is 22.0 Å². The van der Waals surface area contributed by atoms with Gasteiger partial charge >= 0.3 is 0 Å². The summed E-state index contributed by atoms with van der Waals surface area (Å²) in [5.74, 6) is 1.75. The molecule has 1 unspecified atom stereocenters. The lowest BCUT2D eigenvalue weighted by Crippen LogP contribution is -2.12. The number of carbonyl (C=O) groups excluding carboxylic acids is 1. The smallest absolute Gasteiger partial charge is 0.176 e. The molecule has 2 heterocycles. The number of fused-ring (bicyclic) bond motifs is 1. The molecule has 1 aromatic heterocycles. The zero-order valence-electron chi connectivity index (χ0n) is 10.3. The van der Waals surface area contributed by atoms with Crippen LogP contribution in [-0.2, 0) is 6.54 Å². The van der Waals surface area contributed by atoms with Crippen LogP contribution in [0, 0.1) is 0 Å². The molecule has 1 aromatic carbocycles. The highest BCUT2D eigenvalue weighted by atomic mass is 32.2. The molecule has 0 aliphatic carbocycles. The minimum atomic E-state index is 0.138. The number of hydrogen-bond donors (Lipinski definition) is 0. The Hall–Kier alpha value is -1.48. The summed E-state index contributed by atoms with van der Waals surface area (Å²) < 4.78 is 2.08. The molecule has 0 radical (unpaired) electrons. The number of rotatable bonds is 3. The van der Waals surface area contributed by atoms with Gasteiger partial charge in [0, 0.05) is 36.2 Å². The third-order valence-corrected chi connectivity index (χ3v) is 4.66. The van der Waals surface area contributed by atoms with E-state index in [2.05, 4.69) is 28.8 Å². The van der Waals surface area contributed by atoms with Crippen LogP contribution in [0.15, 0.2) is 47.5 Å². The van der Waals surface area contributed by atoms with Crippen molar-refractivity contribution in [3.63, 3.8) is 0 Å². The number of Topliss-reactive ketones (excluding diaryl/α,β-unsaturated/α-hetero) is 1. The third-order valence-electron chi connectivity index (χ3n) is 3.41.